The van der Waals surface area contributed by atoms with Crippen LogP contribution in [0.3, 0.4) is 0 Å². The lowest BCUT2D eigenvalue weighted by molar-refractivity contribution is 0.0302. The highest BCUT2D eigenvalue weighted by molar-refractivity contribution is 6.09. The molecule has 0 atom stereocenters. The van der Waals surface area contributed by atoms with Gasteiger partial charge in [0.05, 0.1) is 31.1 Å². The minimum absolute atomic E-state index is 0.0354. The molecule has 4 aliphatic rings. The van der Waals surface area contributed by atoms with Crippen molar-refractivity contribution in [3.63, 3.8) is 0 Å². The van der Waals surface area contributed by atoms with E-state index in [1.54, 1.807) is 28.1 Å². The molecule has 0 radical (unpaired) electrons. The molecule has 0 spiro atoms. The number of aliphatic hydroxyl groups excluding tert-OH is 1. The first kappa shape index (κ1) is 29.0. The standard InChI is InChI=1S/C36H37N5O4/c1-23-18-28(20-34(39(23)2)38-33-11-9-27(21-37-33)35(43)40-14-16-45-17-15-40)29-4-3-5-32(31(29)22-42)41-13-12-26-19-25(24-6-7-24)8-10-30(26)36(41)44/h3-5,8-11,18-21,24,42H,1,6-7,12-17,22H2,2H3,(H,37,38). The predicted molar refractivity (Wildman–Crippen MR) is 174 cm³/mol. The number of hydrogen-bond donors (Lipinski definition) is 2. The van der Waals surface area contributed by atoms with E-state index >= 15 is 0 Å². The van der Waals surface area contributed by atoms with Gasteiger partial charge in [0.1, 0.15) is 11.6 Å². The summed E-state index contributed by atoms with van der Waals surface area (Å²) in [6, 6.07) is 15.6. The largest absolute Gasteiger partial charge is 0.392 e. The monoisotopic (exact) mass is 603 g/mol. The molecule has 3 aromatic rings. The summed E-state index contributed by atoms with van der Waals surface area (Å²) in [4.78, 5) is 36.6. The molecule has 2 N–H and O–H groups in total. The van der Waals surface area contributed by atoms with E-state index in [0.29, 0.717) is 61.4 Å². The summed E-state index contributed by atoms with van der Waals surface area (Å²) in [6.45, 7) is 6.82. The summed E-state index contributed by atoms with van der Waals surface area (Å²) in [6.07, 6.45) is 8.77. The van der Waals surface area contributed by atoms with E-state index < -0.39 is 0 Å². The van der Waals surface area contributed by atoms with Crippen LogP contribution in [0.15, 0.2) is 85.0 Å². The van der Waals surface area contributed by atoms with Crippen molar-refractivity contribution >= 4 is 28.9 Å². The number of rotatable bonds is 7. The molecule has 45 heavy (non-hydrogen) atoms. The molecule has 1 saturated heterocycles. The maximum atomic E-state index is 13.7. The molecule has 2 fully saturated rings. The first-order valence-corrected chi connectivity index (χ1v) is 15.5. The number of aromatic nitrogens is 1. The Morgan fingerprint density at radius 2 is 1.89 bits per heavy atom. The van der Waals surface area contributed by atoms with Crippen molar-refractivity contribution in [3.05, 3.63) is 118 Å². The Morgan fingerprint density at radius 1 is 1.07 bits per heavy atom. The lowest BCUT2D eigenvalue weighted by Crippen LogP contribution is -2.40. The fraction of sp³-hybridized carbons (Fsp3) is 0.306. The van der Waals surface area contributed by atoms with Gasteiger partial charge in [0, 0.05) is 49.7 Å². The van der Waals surface area contributed by atoms with Crippen molar-refractivity contribution in [1.29, 1.82) is 0 Å². The van der Waals surface area contributed by atoms with Crippen LogP contribution in [0.4, 0.5) is 11.5 Å². The topological polar surface area (TPSA) is 98.2 Å². The van der Waals surface area contributed by atoms with Gasteiger partial charge in [-0.3, -0.25) is 9.59 Å². The van der Waals surface area contributed by atoms with E-state index in [2.05, 4.69) is 29.0 Å². The smallest absolute Gasteiger partial charge is 0.258 e. The first-order valence-electron chi connectivity index (χ1n) is 15.5. The van der Waals surface area contributed by atoms with Crippen molar-refractivity contribution in [1.82, 2.24) is 14.8 Å². The Morgan fingerprint density at radius 3 is 2.62 bits per heavy atom. The van der Waals surface area contributed by atoms with E-state index in [9.17, 15) is 14.7 Å². The molecule has 3 aliphatic heterocycles. The summed E-state index contributed by atoms with van der Waals surface area (Å²) in [5.41, 5.74) is 7.55. The number of pyridine rings is 1. The maximum absolute atomic E-state index is 13.7. The molecule has 1 aromatic heterocycles. The van der Waals surface area contributed by atoms with Gasteiger partial charge in [0.2, 0.25) is 0 Å². The summed E-state index contributed by atoms with van der Waals surface area (Å²) in [5.74, 6) is 1.87. The minimum Gasteiger partial charge on any atom is -0.392 e. The van der Waals surface area contributed by atoms with Crippen molar-refractivity contribution in [2.24, 2.45) is 0 Å². The van der Waals surface area contributed by atoms with Gasteiger partial charge < -0.3 is 29.9 Å². The molecule has 9 nitrogen and oxygen atoms in total. The number of allylic oxidation sites excluding steroid dienone is 3. The molecular weight excluding hydrogens is 566 g/mol. The fourth-order valence-electron chi connectivity index (χ4n) is 6.34. The zero-order valence-electron chi connectivity index (χ0n) is 25.5. The Kier molecular flexibility index (Phi) is 7.73. The highest BCUT2D eigenvalue weighted by Crippen LogP contribution is 2.41. The van der Waals surface area contributed by atoms with E-state index in [1.165, 1.54) is 18.4 Å². The maximum Gasteiger partial charge on any atom is 0.258 e. The summed E-state index contributed by atoms with van der Waals surface area (Å²) in [7, 11) is 1.91. The number of carbonyl (C=O) groups excluding carboxylic acids is 2. The van der Waals surface area contributed by atoms with Crippen LogP contribution in [0.2, 0.25) is 0 Å². The molecular formula is C36H37N5O4. The summed E-state index contributed by atoms with van der Waals surface area (Å²) >= 11 is 0. The number of hydrogen-bond acceptors (Lipinski definition) is 7. The zero-order chi connectivity index (χ0) is 31.1. The number of ether oxygens (including phenoxy) is 1. The highest BCUT2D eigenvalue weighted by Gasteiger charge is 2.31. The number of nitrogens with zero attached hydrogens (tertiary/aromatic N) is 4. The van der Waals surface area contributed by atoms with Gasteiger partial charge in [-0.05, 0) is 83.9 Å². The predicted octanol–water partition coefficient (Wildman–Crippen LogP) is 4.92. The molecule has 7 rings (SSSR count). The zero-order valence-corrected chi connectivity index (χ0v) is 25.5. The van der Waals surface area contributed by atoms with Crippen LogP contribution in [-0.4, -0.2) is 71.6 Å². The van der Waals surface area contributed by atoms with E-state index in [4.69, 9.17) is 4.74 Å². The Bertz CT molecular complexity index is 1730. The Balaban J connectivity index is 1.14. The molecule has 0 unspecified atom stereocenters. The number of nitrogens with one attached hydrogen (secondary N) is 1. The minimum atomic E-state index is -0.223. The number of fused-ring (bicyclic) bond motifs is 1. The fourth-order valence-corrected chi connectivity index (χ4v) is 6.34. The number of benzene rings is 2. The number of aliphatic hydroxyl groups is 1. The van der Waals surface area contributed by atoms with Crippen LogP contribution >= 0.6 is 0 Å². The van der Waals surface area contributed by atoms with Gasteiger partial charge >= 0.3 is 0 Å². The molecule has 2 amide bonds. The average Bonchev–Trinajstić information content (AvgIpc) is 3.93. The van der Waals surface area contributed by atoms with Crippen LogP contribution in [-0.2, 0) is 17.8 Å². The lowest BCUT2D eigenvalue weighted by atomic mass is 9.92. The van der Waals surface area contributed by atoms with Crippen LogP contribution in [0.5, 0.6) is 0 Å². The van der Waals surface area contributed by atoms with Gasteiger partial charge in [-0.25, -0.2) is 4.98 Å². The number of carbonyl (C=O) groups is 2. The lowest BCUT2D eigenvalue weighted by Gasteiger charge is -2.32. The van der Waals surface area contributed by atoms with Crippen molar-refractivity contribution in [2.75, 3.05) is 50.1 Å². The molecule has 230 valence electrons. The molecule has 1 saturated carbocycles. The van der Waals surface area contributed by atoms with Crippen LogP contribution in [0.25, 0.3) is 5.57 Å². The molecule has 4 heterocycles. The second-order valence-corrected chi connectivity index (χ2v) is 12.0. The van der Waals surface area contributed by atoms with Crippen molar-refractivity contribution < 1.29 is 19.4 Å². The number of likely N-dealkylation sites (N-methyl/N-ethyl adjacent to an activating group) is 1. The van der Waals surface area contributed by atoms with Gasteiger partial charge in [-0.15, -0.1) is 0 Å². The van der Waals surface area contributed by atoms with Crippen LogP contribution < -0.4 is 10.2 Å². The first-order chi connectivity index (χ1) is 21.9. The van der Waals surface area contributed by atoms with E-state index in [1.807, 2.05) is 48.4 Å². The van der Waals surface area contributed by atoms with Gasteiger partial charge in [0.15, 0.2) is 0 Å². The quantitative estimate of drug-likeness (QED) is 0.396. The Hall–Kier alpha value is -4.73. The van der Waals surface area contributed by atoms with Crippen LogP contribution in [0.1, 0.15) is 61.7 Å². The second-order valence-electron chi connectivity index (χ2n) is 12.0. The average molecular weight is 604 g/mol. The van der Waals surface area contributed by atoms with Crippen molar-refractivity contribution in [3.8, 4) is 0 Å². The third-order valence-electron chi connectivity index (χ3n) is 9.14. The van der Waals surface area contributed by atoms with Gasteiger partial charge in [-0.1, -0.05) is 30.8 Å². The number of anilines is 2. The summed E-state index contributed by atoms with van der Waals surface area (Å²) < 4.78 is 5.36. The van der Waals surface area contributed by atoms with E-state index in [0.717, 1.165) is 40.2 Å². The molecule has 0 bridgehead atoms. The van der Waals surface area contributed by atoms with Gasteiger partial charge in [0.25, 0.3) is 11.8 Å². The normalized spacial score (nSPS) is 18.4. The number of amides is 2. The molecule has 2 aromatic carbocycles. The SMILES string of the molecule is C=C1C=C(c2cccc(N3CCc4cc(C5CC5)ccc4C3=O)c2CO)C=C(Nc2ccc(C(=O)N3CCOCC3)cn2)N1C. The summed E-state index contributed by atoms with van der Waals surface area (Å²) in [5, 5.41) is 14.0. The van der Waals surface area contributed by atoms with Crippen LogP contribution in [0, 0.1) is 0 Å². The second kappa shape index (κ2) is 12.0. The Labute approximate surface area is 263 Å². The van der Waals surface area contributed by atoms with Gasteiger partial charge in [-0.2, -0.15) is 0 Å². The highest BCUT2D eigenvalue weighted by atomic mass is 16.5. The third kappa shape index (κ3) is 5.65. The number of morpholine rings is 1. The third-order valence-corrected chi connectivity index (χ3v) is 9.14. The van der Waals surface area contributed by atoms with E-state index in [-0.39, 0.29) is 18.4 Å². The molecule has 1 aliphatic carbocycles. The molecule has 9 heteroatoms. The van der Waals surface area contributed by atoms with Crippen molar-refractivity contribution in [2.45, 2.75) is 31.8 Å².